The lowest BCUT2D eigenvalue weighted by Gasteiger charge is -2.43. The van der Waals surface area contributed by atoms with Crippen LogP contribution in [0, 0.1) is 5.82 Å². The largest absolute Gasteiger partial charge is 0.396 e. The van der Waals surface area contributed by atoms with Gasteiger partial charge in [-0.15, -0.1) is 0 Å². The van der Waals surface area contributed by atoms with E-state index in [-0.39, 0.29) is 23.7 Å². The number of carbonyl (C=O) groups is 1. The fourth-order valence-corrected chi connectivity index (χ4v) is 3.72. The van der Waals surface area contributed by atoms with Crippen LogP contribution in [0.2, 0.25) is 0 Å². The van der Waals surface area contributed by atoms with Crippen molar-refractivity contribution in [3.8, 4) is 0 Å². The summed E-state index contributed by atoms with van der Waals surface area (Å²) >= 11 is 3.26. The van der Waals surface area contributed by atoms with Gasteiger partial charge in [0.2, 0.25) is 0 Å². The van der Waals surface area contributed by atoms with Crippen molar-refractivity contribution in [2.45, 2.75) is 37.8 Å². The van der Waals surface area contributed by atoms with Crippen molar-refractivity contribution in [1.82, 2.24) is 4.90 Å². The van der Waals surface area contributed by atoms with E-state index >= 15 is 0 Å². The number of hydrogen-bond acceptors (Lipinski definition) is 3. The summed E-state index contributed by atoms with van der Waals surface area (Å²) in [6.45, 7) is 1.13. The Kier molecular flexibility index (Phi) is 4.17. The predicted octanol–water partition coefficient (Wildman–Crippen LogP) is 2.95. The highest BCUT2D eigenvalue weighted by atomic mass is 79.9. The van der Waals surface area contributed by atoms with E-state index in [1.807, 2.05) is 4.90 Å². The van der Waals surface area contributed by atoms with Crippen molar-refractivity contribution in [3.05, 3.63) is 28.0 Å². The fraction of sp³-hybridized carbons (Fsp3) is 0.533. The number of fused-ring (bicyclic) bond motifs is 1. The maximum absolute atomic E-state index is 13.4. The quantitative estimate of drug-likeness (QED) is 0.787. The number of anilines is 1. The van der Waals surface area contributed by atoms with Crippen molar-refractivity contribution in [1.29, 1.82) is 0 Å². The third-order valence-corrected chi connectivity index (χ3v) is 4.97. The predicted molar refractivity (Wildman–Crippen MR) is 81.5 cm³/mol. The molecule has 1 amide bonds. The Morgan fingerprint density at radius 3 is 2.95 bits per heavy atom. The average Bonchev–Trinajstić information content (AvgIpc) is 2.49. The summed E-state index contributed by atoms with van der Waals surface area (Å²) in [7, 11) is 0. The number of carbonyl (C=O) groups excluding carboxylic acids is 1. The molecule has 1 heterocycles. The SMILES string of the molecule is Nc1cc(C(=O)N2CCOC3CCCCC32)c(Br)cc1F. The van der Waals surface area contributed by atoms with E-state index in [0.29, 0.717) is 23.2 Å². The van der Waals surface area contributed by atoms with E-state index < -0.39 is 5.82 Å². The summed E-state index contributed by atoms with van der Waals surface area (Å²) in [6.07, 6.45) is 4.36. The van der Waals surface area contributed by atoms with Crippen molar-refractivity contribution in [2.24, 2.45) is 0 Å². The van der Waals surface area contributed by atoms with Crippen LogP contribution in [0.3, 0.4) is 0 Å². The molecule has 1 aromatic carbocycles. The fourth-order valence-electron chi connectivity index (χ4n) is 3.23. The van der Waals surface area contributed by atoms with E-state index in [0.717, 1.165) is 25.7 Å². The minimum atomic E-state index is -0.518. The first-order chi connectivity index (χ1) is 10.1. The van der Waals surface area contributed by atoms with Gasteiger partial charge in [0, 0.05) is 11.0 Å². The van der Waals surface area contributed by atoms with Crippen LogP contribution >= 0.6 is 15.9 Å². The van der Waals surface area contributed by atoms with Crippen LogP contribution in [-0.2, 0) is 4.74 Å². The van der Waals surface area contributed by atoms with Crippen LogP contribution in [-0.4, -0.2) is 36.1 Å². The van der Waals surface area contributed by atoms with E-state index in [1.165, 1.54) is 12.1 Å². The van der Waals surface area contributed by atoms with Crippen LogP contribution in [0.5, 0.6) is 0 Å². The molecule has 2 atom stereocenters. The van der Waals surface area contributed by atoms with Gasteiger partial charge in [-0.2, -0.15) is 0 Å². The zero-order chi connectivity index (χ0) is 15.0. The first-order valence-electron chi connectivity index (χ1n) is 7.25. The Bertz CT molecular complexity index is 565. The molecule has 2 fully saturated rings. The van der Waals surface area contributed by atoms with E-state index in [1.54, 1.807) is 0 Å². The molecule has 114 valence electrons. The summed E-state index contributed by atoms with van der Waals surface area (Å²) < 4.78 is 19.7. The molecule has 4 nitrogen and oxygen atoms in total. The molecule has 0 radical (unpaired) electrons. The minimum Gasteiger partial charge on any atom is -0.396 e. The third kappa shape index (κ3) is 2.79. The Labute approximate surface area is 131 Å². The lowest BCUT2D eigenvalue weighted by molar-refractivity contribution is -0.0753. The zero-order valence-corrected chi connectivity index (χ0v) is 13.2. The third-order valence-electron chi connectivity index (χ3n) is 4.31. The van der Waals surface area contributed by atoms with Crippen molar-refractivity contribution in [2.75, 3.05) is 18.9 Å². The number of hydrogen-bond donors (Lipinski definition) is 1. The van der Waals surface area contributed by atoms with Crippen molar-refractivity contribution in [3.63, 3.8) is 0 Å². The molecule has 0 spiro atoms. The second-order valence-corrected chi connectivity index (χ2v) is 6.47. The van der Waals surface area contributed by atoms with Gasteiger partial charge in [-0.3, -0.25) is 4.79 Å². The first kappa shape index (κ1) is 14.8. The molecule has 1 aliphatic heterocycles. The van der Waals surface area contributed by atoms with Crippen LogP contribution in [0.25, 0.3) is 0 Å². The molecule has 1 aromatic rings. The van der Waals surface area contributed by atoms with Crippen LogP contribution < -0.4 is 5.73 Å². The van der Waals surface area contributed by atoms with Gasteiger partial charge < -0.3 is 15.4 Å². The van der Waals surface area contributed by atoms with Crippen molar-refractivity contribution < 1.29 is 13.9 Å². The minimum absolute atomic E-state index is 0.00463. The van der Waals surface area contributed by atoms with Gasteiger partial charge in [0.1, 0.15) is 5.82 Å². The van der Waals surface area contributed by atoms with E-state index in [2.05, 4.69) is 15.9 Å². The lowest BCUT2D eigenvalue weighted by Crippen LogP contribution is -2.54. The summed E-state index contributed by atoms with van der Waals surface area (Å²) in [5, 5.41) is 0. The van der Waals surface area contributed by atoms with Crippen LogP contribution in [0.15, 0.2) is 16.6 Å². The zero-order valence-electron chi connectivity index (χ0n) is 11.6. The number of nitrogens with two attached hydrogens (primary N) is 1. The highest BCUT2D eigenvalue weighted by Gasteiger charge is 2.37. The normalized spacial score (nSPS) is 25.5. The summed E-state index contributed by atoms with van der Waals surface area (Å²) in [6, 6.07) is 2.79. The first-order valence-corrected chi connectivity index (χ1v) is 8.04. The molecule has 0 aromatic heterocycles. The second kappa shape index (κ2) is 5.93. The number of benzene rings is 1. The summed E-state index contributed by atoms with van der Waals surface area (Å²) in [4.78, 5) is 14.7. The molecule has 21 heavy (non-hydrogen) atoms. The van der Waals surface area contributed by atoms with Crippen molar-refractivity contribution >= 4 is 27.5 Å². The molecule has 1 saturated carbocycles. The number of rotatable bonds is 1. The van der Waals surface area contributed by atoms with Gasteiger partial charge in [0.15, 0.2) is 0 Å². The molecule has 6 heteroatoms. The van der Waals surface area contributed by atoms with Gasteiger partial charge in [-0.05, 0) is 40.9 Å². The number of halogens is 2. The van der Waals surface area contributed by atoms with Crippen LogP contribution in [0.4, 0.5) is 10.1 Å². The number of ether oxygens (including phenoxy) is 1. The number of morpholine rings is 1. The van der Waals surface area contributed by atoms with Crippen LogP contribution in [0.1, 0.15) is 36.0 Å². The molecule has 1 aliphatic carbocycles. The molecule has 0 bridgehead atoms. The van der Waals surface area contributed by atoms with Gasteiger partial charge in [-0.1, -0.05) is 12.8 Å². The Morgan fingerprint density at radius 2 is 2.14 bits per heavy atom. The highest BCUT2D eigenvalue weighted by Crippen LogP contribution is 2.31. The van der Waals surface area contributed by atoms with Gasteiger partial charge in [0.25, 0.3) is 5.91 Å². The van der Waals surface area contributed by atoms with Gasteiger partial charge in [0.05, 0.1) is 30.0 Å². The maximum Gasteiger partial charge on any atom is 0.255 e. The second-order valence-electron chi connectivity index (χ2n) is 5.61. The number of amides is 1. The van der Waals surface area contributed by atoms with E-state index in [9.17, 15) is 9.18 Å². The monoisotopic (exact) mass is 356 g/mol. The smallest absolute Gasteiger partial charge is 0.255 e. The van der Waals surface area contributed by atoms with E-state index in [4.69, 9.17) is 10.5 Å². The lowest BCUT2D eigenvalue weighted by atomic mass is 9.89. The molecule has 1 saturated heterocycles. The molecular formula is C15H18BrFN2O2. The maximum atomic E-state index is 13.4. The Balaban J connectivity index is 1.88. The number of nitrogens with zero attached hydrogens (tertiary/aromatic N) is 1. The highest BCUT2D eigenvalue weighted by molar-refractivity contribution is 9.10. The molecular weight excluding hydrogens is 339 g/mol. The van der Waals surface area contributed by atoms with Gasteiger partial charge >= 0.3 is 0 Å². The topological polar surface area (TPSA) is 55.6 Å². The standard InChI is InChI=1S/C15H18BrFN2O2/c16-10-8-11(17)12(18)7-9(10)15(20)19-5-6-21-14-4-2-1-3-13(14)19/h7-8,13-14H,1-6,18H2. The molecule has 2 aliphatic rings. The average molecular weight is 357 g/mol. The Hall–Kier alpha value is -1.14. The Morgan fingerprint density at radius 1 is 1.38 bits per heavy atom. The summed E-state index contributed by atoms with van der Waals surface area (Å²) in [5.74, 6) is -0.621. The number of nitrogen functional groups attached to an aromatic ring is 1. The molecule has 3 rings (SSSR count). The molecule has 2 unspecified atom stereocenters. The van der Waals surface area contributed by atoms with Gasteiger partial charge in [-0.25, -0.2) is 4.39 Å². The molecule has 2 N–H and O–H groups in total. The summed E-state index contributed by atoms with van der Waals surface area (Å²) in [5.41, 5.74) is 6.01.